The lowest BCUT2D eigenvalue weighted by Crippen LogP contribution is -2.47. The Balaban J connectivity index is 1.38. The Morgan fingerprint density at radius 1 is 1.00 bits per heavy atom. The van der Waals surface area contributed by atoms with Gasteiger partial charge in [0, 0.05) is 32.7 Å². The fourth-order valence-corrected chi connectivity index (χ4v) is 3.38. The van der Waals surface area contributed by atoms with E-state index in [4.69, 9.17) is 0 Å². The fourth-order valence-electron chi connectivity index (χ4n) is 3.38. The minimum atomic E-state index is -0.184. The largest absolute Gasteiger partial charge is 0.366 e. The summed E-state index contributed by atoms with van der Waals surface area (Å²) in [4.78, 5) is 8.74. The number of aryl methyl sites for hydroxylation is 1. The summed E-state index contributed by atoms with van der Waals surface area (Å²) in [5.74, 6) is 1.11. The Labute approximate surface area is 164 Å². The van der Waals surface area contributed by atoms with Crippen LogP contribution in [-0.4, -0.2) is 41.4 Å². The van der Waals surface area contributed by atoms with Gasteiger partial charge < -0.3 is 15.1 Å². The summed E-state index contributed by atoms with van der Waals surface area (Å²) in [5.41, 5.74) is 3.07. The van der Waals surface area contributed by atoms with Gasteiger partial charge in [-0.3, -0.25) is 0 Å². The standard InChI is InChI=1S/C21H23FN6/c1-16-5-4-6-17(13-16)14-23-20-15-24-26-21(25-20)28-11-9-27(10-12-28)19-8-3-2-7-18(19)22/h2-8,13,15H,9-12,14H2,1H3,(H,23,25,26). The highest BCUT2D eigenvalue weighted by molar-refractivity contribution is 5.50. The van der Waals surface area contributed by atoms with Crippen molar-refractivity contribution >= 4 is 17.5 Å². The van der Waals surface area contributed by atoms with Gasteiger partial charge in [0.2, 0.25) is 5.95 Å². The molecule has 1 fully saturated rings. The van der Waals surface area contributed by atoms with Crippen molar-refractivity contribution < 1.29 is 4.39 Å². The van der Waals surface area contributed by atoms with Crippen LogP contribution in [-0.2, 0) is 6.54 Å². The number of anilines is 3. The highest BCUT2D eigenvalue weighted by atomic mass is 19.1. The molecule has 28 heavy (non-hydrogen) atoms. The van der Waals surface area contributed by atoms with E-state index in [2.05, 4.69) is 55.4 Å². The van der Waals surface area contributed by atoms with Crippen molar-refractivity contribution in [2.45, 2.75) is 13.5 Å². The molecule has 3 aromatic rings. The molecule has 0 saturated carbocycles. The van der Waals surface area contributed by atoms with Crippen LogP contribution in [0.1, 0.15) is 11.1 Å². The van der Waals surface area contributed by atoms with Gasteiger partial charge in [0.25, 0.3) is 0 Å². The van der Waals surface area contributed by atoms with Gasteiger partial charge in [0.05, 0.1) is 11.9 Å². The molecule has 0 unspecified atom stereocenters. The predicted octanol–water partition coefficient (Wildman–Crippen LogP) is 3.26. The number of piperazine rings is 1. The molecular weight excluding hydrogens is 355 g/mol. The first kappa shape index (κ1) is 18.2. The van der Waals surface area contributed by atoms with Crippen LogP contribution in [0.4, 0.5) is 21.8 Å². The van der Waals surface area contributed by atoms with Crippen molar-refractivity contribution in [3.8, 4) is 0 Å². The third kappa shape index (κ3) is 4.19. The van der Waals surface area contributed by atoms with E-state index in [-0.39, 0.29) is 5.82 Å². The first-order valence-corrected chi connectivity index (χ1v) is 9.42. The molecule has 0 amide bonds. The molecule has 7 heteroatoms. The van der Waals surface area contributed by atoms with Crippen molar-refractivity contribution in [2.75, 3.05) is 41.3 Å². The number of hydrogen-bond donors (Lipinski definition) is 1. The molecule has 0 spiro atoms. The van der Waals surface area contributed by atoms with Crippen molar-refractivity contribution in [3.05, 3.63) is 71.7 Å². The van der Waals surface area contributed by atoms with Gasteiger partial charge in [-0.25, -0.2) is 4.39 Å². The Bertz CT molecular complexity index is 939. The van der Waals surface area contributed by atoms with E-state index in [1.807, 2.05) is 18.2 Å². The molecule has 0 bridgehead atoms. The second-order valence-corrected chi connectivity index (χ2v) is 6.91. The Morgan fingerprint density at radius 2 is 1.79 bits per heavy atom. The number of aromatic nitrogens is 3. The summed E-state index contributed by atoms with van der Waals surface area (Å²) in [6.45, 7) is 5.63. The molecule has 1 saturated heterocycles. The van der Waals surface area contributed by atoms with Crippen LogP contribution in [0.5, 0.6) is 0 Å². The van der Waals surface area contributed by atoms with Crippen LogP contribution in [0.3, 0.4) is 0 Å². The van der Waals surface area contributed by atoms with Gasteiger partial charge in [-0.2, -0.15) is 10.1 Å². The average Bonchev–Trinajstić information content (AvgIpc) is 2.73. The Kier molecular flexibility index (Phi) is 5.32. The molecule has 1 N–H and O–H groups in total. The lowest BCUT2D eigenvalue weighted by molar-refractivity contribution is 0.592. The van der Waals surface area contributed by atoms with Crippen LogP contribution in [0.25, 0.3) is 0 Å². The van der Waals surface area contributed by atoms with Crippen LogP contribution < -0.4 is 15.1 Å². The van der Waals surface area contributed by atoms with Crippen molar-refractivity contribution in [1.82, 2.24) is 15.2 Å². The van der Waals surface area contributed by atoms with E-state index >= 15 is 0 Å². The SMILES string of the molecule is Cc1cccc(CNc2cnnc(N3CCN(c4ccccc4F)CC3)n2)c1. The molecular formula is C21H23FN6. The van der Waals surface area contributed by atoms with Gasteiger partial charge >= 0.3 is 0 Å². The first-order chi connectivity index (χ1) is 13.7. The van der Waals surface area contributed by atoms with Crippen molar-refractivity contribution in [1.29, 1.82) is 0 Å². The lowest BCUT2D eigenvalue weighted by atomic mass is 10.1. The average molecular weight is 378 g/mol. The number of nitrogens with zero attached hydrogens (tertiary/aromatic N) is 5. The zero-order valence-corrected chi connectivity index (χ0v) is 15.8. The molecule has 2 aromatic carbocycles. The van der Waals surface area contributed by atoms with Gasteiger partial charge in [-0.15, -0.1) is 5.10 Å². The Morgan fingerprint density at radius 3 is 2.57 bits per heavy atom. The smallest absolute Gasteiger partial charge is 0.247 e. The number of nitrogens with one attached hydrogen (secondary N) is 1. The molecule has 6 nitrogen and oxygen atoms in total. The second-order valence-electron chi connectivity index (χ2n) is 6.91. The van der Waals surface area contributed by atoms with Crippen molar-refractivity contribution in [3.63, 3.8) is 0 Å². The summed E-state index contributed by atoms with van der Waals surface area (Å²) in [6.07, 6.45) is 1.63. The van der Waals surface area contributed by atoms with Crippen molar-refractivity contribution in [2.24, 2.45) is 0 Å². The maximum atomic E-state index is 14.0. The van der Waals surface area contributed by atoms with E-state index in [1.54, 1.807) is 12.3 Å². The number of benzene rings is 2. The molecule has 0 atom stereocenters. The van der Waals surface area contributed by atoms with E-state index in [0.717, 1.165) is 13.1 Å². The zero-order valence-electron chi connectivity index (χ0n) is 15.8. The minimum Gasteiger partial charge on any atom is -0.366 e. The molecule has 1 aromatic heterocycles. The summed E-state index contributed by atoms with van der Waals surface area (Å²) in [7, 11) is 0. The number of rotatable bonds is 5. The first-order valence-electron chi connectivity index (χ1n) is 9.42. The molecule has 1 aliphatic rings. The number of halogens is 1. The molecule has 0 aliphatic carbocycles. The van der Waals surface area contributed by atoms with Gasteiger partial charge in [0.15, 0.2) is 5.82 Å². The normalized spacial score (nSPS) is 14.2. The Hall–Kier alpha value is -3.22. The third-order valence-electron chi connectivity index (χ3n) is 4.86. The summed E-state index contributed by atoms with van der Waals surface area (Å²) in [5, 5.41) is 11.6. The third-order valence-corrected chi connectivity index (χ3v) is 4.86. The lowest BCUT2D eigenvalue weighted by Gasteiger charge is -2.36. The predicted molar refractivity (Wildman–Crippen MR) is 109 cm³/mol. The van der Waals surface area contributed by atoms with E-state index in [0.29, 0.717) is 37.1 Å². The zero-order chi connectivity index (χ0) is 19.3. The monoisotopic (exact) mass is 378 g/mol. The summed E-state index contributed by atoms with van der Waals surface area (Å²) in [6, 6.07) is 15.2. The number of hydrogen-bond acceptors (Lipinski definition) is 6. The van der Waals surface area contributed by atoms with E-state index < -0.39 is 0 Å². The number of para-hydroxylation sites is 1. The van der Waals surface area contributed by atoms with Crippen LogP contribution in [0.2, 0.25) is 0 Å². The maximum absolute atomic E-state index is 14.0. The van der Waals surface area contributed by atoms with E-state index in [9.17, 15) is 4.39 Å². The topological polar surface area (TPSA) is 57.2 Å². The van der Waals surface area contributed by atoms with Gasteiger partial charge in [0.1, 0.15) is 5.82 Å². The summed E-state index contributed by atoms with van der Waals surface area (Å²) >= 11 is 0. The molecule has 0 radical (unpaired) electrons. The molecule has 144 valence electrons. The van der Waals surface area contributed by atoms with Crippen LogP contribution in [0.15, 0.2) is 54.7 Å². The van der Waals surface area contributed by atoms with Gasteiger partial charge in [-0.05, 0) is 24.6 Å². The molecule has 1 aliphatic heterocycles. The highest BCUT2D eigenvalue weighted by Gasteiger charge is 2.21. The van der Waals surface area contributed by atoms with E-state index in [1.165, 1.54) is 17.2 Å². The quantitative estimate of drug-likeness (QED) is 0.736. The molecule has 2 heterocycles. The van der Waals surface area contributed by atoms with Crippen LogP contribution >= 0.6 is 0 Å². The van der Waals surface area contributed by atoms with Gasteiger partial charge in [-0.1, -0.05) is 42.0 Å². The molecule has 4 rings (SSSR count). The second kappa shape index (κ2) is 8.21. The maximum Gasteiger partial charge on any atom is 0.247 e. The summed E-state index contributed by atoms with van der Waals surface area (Å²) < 4.78 is 14.0. The fraction of sp³-hybridized carbons (Fsp3) is 0.286. The van der Waals surface area contributed by atoms with Crippen LogP contribution in [0, 0.1) is 12.7 Å². The minimum absolute atomic E-state index is 0.184. The highest BCUT2D eigenvalue weighted by Crippen LogP contribution is 2.21.